The van der Waals surface area contributed by atoms with Crippen LogP contribution in [0.2, 0.25) is 0 Å². The molecule has 0 aromatic heterocycles. The summed E-state index contributed by atoms with van der Waals surface area (Å²) in [6, 6.07) is 0.526. The summed E-state index contributed by atoms with van der Waals surface area (Å²) < 4.78 is 5.40. The summed E-state index contributed by atoms with van der Waals surface area (Å²) >= 11 is 0. The quantitative estimate of drug-likeness (QED) is 0.637. The molecule has 0 aliphatic carbocycles. The van der Waals surface area contributed by atoms with Crippen molar-refractivity contribution in [2.75, 3.05) is 6.54 Å². The van der Waals surface area contributed by atoms with Gasteiger partial charge in [-0.25, -0.2) is 10.0 Å². The van der Waals surface area contributed by atoms with Crippen LogP contribution in [0, 0.1) is 5.92 Å². The fraction of sp³-hybridized carbons (Fsp3) is 0.500. The van der Waals surface area contributed by atoms with E-state index in [0.717, 1.165) is 0 Å². The second-order valence-corrected chi connectivity index (χ2v) is 3.37. The highest BCUT2D eigenvalue weighted by atomic mass is 16.5. The number of rotatable bonds is 1. The third kappa shape index (κ3) is 1.37. The van der Waals surface area contributed by atoms with Crippen molar-refractivity contribution in [3.63, 3.8) is 0 Å². The van der Waals surface area contributed by atoms with Crippen molar-refractivity contribution in [2.45, 2.75) is 13.8 Å². The first-order valence-corrected chi connectivity index (χ1v) is 4.23. The molecule has 2 aliphatic heterocycles. The van der Waals surface area contributed by atoms with Crippen LogP contribution >= 0.6 is 0 Å². The van der Waals surface area contributed by atoms with Gasteiger partial charge in [0.25, 0.3) is 0 Å². The molecule has 0 spiro atoms. The lowest BCUT2D eigenvalue weighted by atomic mass is 10.2. The van der Waals surface area contributed by atoms with Gasteiger partial charge in [0.2, 0.25) is 5.90 Å². The van der Waals surface area contributed by atoms with Crippen LogP contribution < -0.4 is 5.73 Å². The maximum absolute atomic E-state index is 5.60. The monoisotopic (exact) mass is 180 g/mol. The highest BCUT2D eigenvalue weighted by Gasteiger charge is 2.27. The van der Waals surface area contributed by atoms with Crippen molar-refractivity contribution in [2.24, 2.45) is 21.7 Å². The number of ether oxygens (including phenoxy) is 1. The Morgan fingerprint density at radius 3 is 3.08 bits per heavy atom. The molecule has 0 amide bonds. The Balaban J connectivity index is 2.19. The molecular formula is C8H12N4O. The first-order valence-electron chi connectivity index (χ1n) is 4.23. The zero-order valence-electron chi connectivity index (χ0n) is 7.69. The minimum atomic E-state index is 0.273. The molecule has 0 saturated heterocycles. The molecule has 0 saturated carbocycles. The first kappa shape index (κ1) is 8.10. The van der Waals surface area contributed by atoms with E-state index >= 15 is 0 Å². The molecule has 2 N–H and O–H groups in total. The van der Waals surface area contributed by atoms with Gasteiger partial charge in [-0.2, -0.15) is 0 Å². The van der Waals surface area contributed by atoms with Crippen LogP contribution in [-0.2, 0) is 4.74 Å². The summed E-state index contributed by atoms with van der Waals surface area (Å²) in [5.41, 5.74) is 6.30. The second-order valence-electron chi connectivity index (χ2n) is 3.37. The van der Waals surface area contributed by atoms with Gasteiger partial charge in [-0.3, -0.25) is 0 Å². The zero-order chi connectivity index (χ0) is 9.42. The molecular weight excluding hydrogens is 168 g/mol. The minimum absolute atomic E-state index is 0.273. The summed E-state index contributed by atoms with van der Waals surface area (Å²) in [6.45, 7) is 4.61. The van der Waals surface area contributed by atoms with Crippen molar-refractivity contribution in [1.29, 1.82) is 0 Å². The van der Waals surface area contributed by atoms with Gasteiger partial charge in [0.05, 0.1) is 12.7 Å². The molecule has 0 fully saturated rings. The number of nitrogens with two attached hydrogens (primary N) is 1. The largest absolute Gasteiger partial charge is 0.408 e. The van der Waals surface area contributed by atoms with Crippen LogP contribution in [0.4, 0.5) is 0 Å². The molecule has 0 bridgehead atoms. The van der Waals surface area contributed by atoms with E-state index in [-0.39, 0.29) is 5.92 Å². The maximum Gasteiger partial charge on any atom is 0.320 e. The number of fused-ring (bicyclic) bond motifs is 1. The van der Waals surface area contributed by atoms with Crippen LogP contribution in [0.25, 0.3) is 0 Å². The number of hydrogen-bond donors (Lipinski definition) is 1. The molecule has 0 unspecified atom stereocenters. The molecule has 2 aliphatic rings. The molecule has 0 aromatic carbocycles. The highest BCUT2D eigenvalue weighted by Crippen LogP contribution is 2.16. The highest BCUT2D eigenvalue weighted by molar-refractivity contribution is 5.96. The zero-order valence-corrected chi connectivity index (χ0v) is 7.69. The Morgan fingerprint density at radius 2 is 2.38 bits per heavy atom. The van der Waals surface area contributed by atoms with E-state index in [9.17, 15) is 0 Å². The van der Waals surface area contributed by atoms with Gasteiger partial charge in [0, 0.05) is 11.6 Å². The lowest BCUT2D eigenvalue weighted by molar-refractivity contribution is 0.415. The lowest BCUT2D eigenvalue weighted by Crippen LogP contribution is -2.29. The van der Waals surface area contributed by atoms with Gasteiger partial charge >= 0.3 is 6.02 Å². The molecule has 0 atom stereocenters. The second kappa shape index (κ2) is 2.76. The van der Waals surface area contributed by atoms with E-state index in [2.05, 4.69) is 10.1 Å². The summed E-state index contributed by atoms with van der Waals surface area (Å²) in [5, 5.41) is 5.91. The van der Waals surface area contributed by atoms with Crippen molar-refractivity contribution in [3.8, 4) is 0 Å². The number of hydrogen-bond acceptors (Lipinski definition) is 5. The maximum atomic E-state index is 5.60. The number of aliphatic imine (C=N–C) groups is 1. The minimum Gasteiger partial charge on any atom is -0.408 e. The predicted molar refractivity (Wildman–Crippen MR) is 49.8 cm³/mol. The fourth-order valence-corrected chi connectivity index (χ4v) is 1.11. The standard InChI is InChI=1S/C8H12N4O/c1-5(2)7-11-12-4-6(9)3-10-8(12)13-7/h3,5H,4,9H2,1-2H3. The Hall–Kier alpha value is -1.52. The number of hydrazone groups is 1. The Bertz CT molecular complexity index is 316. The molecule has 70 valence electrons. The van der Waals surface area contributed by atoms with Crippen LogP contribution in [0.5, 0.6) is 0 Å². The molecule has 2 rings (SSSR count). The van der Waals surface area contributed by atoms with Crippen LogP contribution in [0.1, 0.15) is 13.8 Å². The van der Waals surface area contributed by atoms with Crippen molar-refractivity contribution >= 4 is 11.9 Å². The molecule has 2 heterocycles. The first-order chi connectivity index (χ1) is 6.16. The number of amidine groups is 1. The van der Waals surface area contributed by atoms with E-state index in [1.165, 1.54) is 0 Å². The van der Waals surface area contributed by atoms with Crippen molar-refractivity contribution in [3.05, 3.63) is 11.9 Å². The fourth-order valence-electron chi connectivity index (χ4n) is 1.11. The normalized spacial score (nSPS) is 20.5. The van der Waals surface area contributed by atoms with Crippen molar-refractivity contribution < 1.29 is 4.74 Å². The molecule has 0 radical (unpaired) electrons. The van der Waals surface area contributed by atoms with E-state index in [1.54, 1.807) is 11.2 Å². The lowest BCUT2D eigenvalue weighted by Gasteiger charge is -2.14. The summed E-state index contributed by atoms with van der Waals surface area (Å²) in [6.07, 6.45) is 1.60. The third-order valence-corrected chi connectivity index (χ3v) is 1.80. The summed E-state index contributed by atoms with van der Waals surface area (Å²) in [7, 11) is 0. The summed E-state index contributed by atoms with van der Waals surface area (Å²) in [5.74, 6) is 0.969. The van der Waals surface area contributed by atoms with Gasteiger partial charge in [-0.15, -0.1) is 5.10 Å². The Labute approximate surface area is 76.6 Å². The van der Waals surface area contributed by atoms with Crippen molar-refractivity contribution in [1.82, 2.24) is 5.01 Å². The predicted octanol–water partition coefficient (Wildman–Crippen LogP) is 0.458. The van der Waals surface area contributed by atoms with Gasteiger partial charge in [0.15, 0.2) is 0 Å². The Kier molecular flexibility index (Phi) is 1.72. The van der Waals surface area contributed by atoms with Crippen LogP contribution in [-0.4, -0.2) is 23.5 Å². The molecule has 5 heteroatoms. The topological polar surface area (TPSA) is 63.2 Å². The van der Waals surface area contributed by atoms with E-state index < -0.39 is 0 Å². The average molecular weight is 180 g/mol. The molecule has 5 nitrogen and oxygen atoms in total. The molecule has 0 aromatic rings. The van der Waals surface area contributed by atoms with Crippen LogP contribution in [0.15, 0.2) is 22.0 Å². The van der Waals surface area contributed by atoms with Crippen LogP contribution in [0.3, 0.4) is 0 Å². The van der Waals surface area contributed by atoms with E-state index in [0.29, 0.717) is 24.2 Å². The number of nitrogens with zero attached hydrogens (tertiary/aromatic N) is 3. The SMILES string of the molecule is CC(C)C1=NN2CC(N)=CN=C2O1. The van der Waals surface area contributed by atoms with Gasteiger partial charge < -0.3 is 10.5 Å². The molecule has 13 heavy (non-hydrogen) atoms. The summed E-state index contributed by atoms with van der Waals surface area (Å²) in [4.78, 5) is 4.02. The van der Waals surface area contributed by atoms with Gasteiger partial charge in [-0.1, -0.05) is 13.8 Å². The van der Waals surface area contributed by atoms with Gasteiger partial charge in [0.1, 0.15) is 0 Å². The third-order valence-electron chi connectivity index (χ3n) is 1.80. The average Bonchev–Trinajstić information content (AvgIpc) is 2.46. The Morgan fingerprint density at radius 1 is 1.62 bits per heavy atom. The van der Waals surface area contributed by atoms with E-state index in [4.69, 9.17) is 10.5 Å². The smallest absolute Gasteiger partial charge is 0.320 e. The van der Waals surface area contributed by atoms with Gasteiger partial charge in [-0.05, 0) is 0 Å². The van der Waals surface area contributed by atoms with E-state index in [1.807, 2.05) is 13.8 Å².